The maximum absolute atomic E-state index is 12.6. The standard InChI is InChI=1S/C20H20N4O/c1-14-9-11-16(12-10-14)24-13-21-19(23-24)20(25)22-18-8-4-6-15-5-2-3-7-17(15)18/h2-3,5,7,9-13,18H,4,6,8H2,1H3,(H,22,25)/t18-/m0/s1. The summed E-state index contributed by atoms with van der Waals surface area (Å²) in [6.07, 6.45) is 4.67. The SMILES string of the molecule is Cc1ccc(-n2cnc(C(=O)N[C@H]3CCCc4ccccc43)n2)cc1. The first-order valence-electron chi connectivity index (χ1n) is 8.58. The molecule has 1 N–H and O–H groups in total. The van der Waals surface area contributed by atoms with Crippen LogP contribution in [0.1, 0.15) is 46.2 Å². The largest absolute Gasteiger partial charge is 0.342 e. The van der Waals surface area contributed by atoms with Crippen LogP contribution in [0, 0.1) is 6.92 Å². The monoisotopic (exact) mass is 332 g/mol. The molecule has 1 amide bonds. The van der Waals surface area contributed by atoms with Gasteiger partial charge in [0.1, 0.15) is 6.33 Å². The van der Waals surface area contributed by atoms with Gasteiger partial charge >= 0.3 is 0 Å². The number of nitrogens with one attached hydrogen (secondary N) is 1. The fourth-order valence-corrected chi connectivity index (χ4v) is 3.32. The Morgan fingerprint density at radius 2 is 1.96 bits per heavy atom. The van der Waals surface area contributed by atoms with Crippen molar-refractivity contribution in [3.8, 4) is 5.69 Å². The van der Waals surface area contributed by atoms with Gasteiger partial charge in [0.2, 0.25) is 5.82 Å². The van der Waals surface area contributed by atoms with Gasteiger partial charge in [-0.15, -0.1) is 5.10 Å². The quantitative estimate of drug-likeness (QED) is 0.800. The summed E-state index contributed by atoms with van der Waals surface area (Å²) in [5.74, 6) is -0.0313. The van der Waals surface area contributed by atoms with E-state index in [0.717, 1.165) is 24.9 Å². The Morgan fingerprint density at radius 1 is 1.16 bits per heavy atom. The molecule has 0 unspecified atom stereocenters. The first-order chi connectivity index (χ1) is 12.2. The molecule has 5 nitrogen and oxygen atoms in total. The highest BCUT2D eigenvalue weighted by atomic mass is 16.2. The molecule has 25 heavy (non-hydrogen) atoms. The van der Waals surface area contributed by atoms with Crippen molar-refractivity contribution in [2.24, 2.45) is 0 Å². The van der Waals surface area contributed by atoms with E-state index in [0.29, 0.717) is 0 Å². The van der Waals surface area contributed by atoms with Crippen molar-refractivity contribution in [2.75, 3.05) is 0 Å². The Balaban J connectivity index is 1.52. The molecule has 5 heteroatoms. The molecule has 0 saturated carbocycles. The molecule has 0 aliphatic heterocycles. The van der Waals surface area contributed by atoms with Crippen molar-refractivity contribution >= 4 is 5.91 Å². The van der Waals surface area contributed by atoms with E-state index in [1.807, 2.05) is 43.3 Å². The Bertz CT molecular complexity index is 898. The summed E-state index contributed by atoms with van der Waals surface area (Å²) in [6, 6.07) is 16.3. The Labute approximate surface area is 146 Å². The van der Waals surface area contributed by atoms with E-state index in [9.17, 15) is 4.79 Å². The van der Waals surface area contributed by atoms with Crippen molar-refractivity contribution in [1.29, 1.82) is 0 Å². The van der Waals surface area contributed by atoms with E-state index in [1.54, 1.807) is 11.0 Å². The Hall–Kier alpha value is -2.95. The molecule has 1 aliphatic rings. The minimum Gasteiger partial charge on any atom is -0.342 e. The number of fused-ring (bicyclic) bond motifs is 1. The van der Waals surface area contributed by atoms with Gasteiger partial charge in [-0.25, -0.2) is 9.67 Å². The molecule has 1 atom stereocenters. The molecule has 3 aromatic rings. The van der Waals surface area contributed by atoms with E-state index < -0.39 is 0 Å². The molecule has 1 aromatic heterocycles. The molecule has 126 valence electrons. The molecule has 4 rings (SSSR count). The average molecular weight is 332 g/mol. The number of carbonyl (C=O) groups excluding carboxylic acids is 1. The average Bonchev–Trinajstić information content (AvgIpc) is 3.13. The summed E-state index contributed by atoms with van der Waals surface area (Å²) in [5, 5.41) is 7.41. The van der Waals surface area contributed by atoms with Crippen LogP contribution in [-0.4, -0.2) is 20.7 Å². The van der Waals surface area contributed by atoms with Crippen molar-refractivity contribution in [3.63, 3.8) is 0 Å². The summed E-state index contributed by atoms with van der Waals surface area (Å²) in [6.45, 7) is 2.03. The van der Waals surface area contributed by atoms with Gasteiger partial charge in [-0.05, 0) is 49.4 Å². The van der Waals surface area contributed by atoms with Crippen molar-refractivity contribution < 1.29 is 4.79 Å². The second-order valence-corrected chi connectivity index (χ2v) is 6.47. The third-order valence-corrected chi connectivity index (χ3v) is 4.67. The van der Waals surface area contributed by atoms with E-state index in [4.69, 9.17) is 0 Å². The fourth-order valence-electron chi connectivity index (χ4n) is 3.32. The Morgan fingerprint density at radius 3 is 2.80 bits per heavy atom. The first-order valence-corrected chi connectivity index (χ1v) is 8.58. The van der Waals surface area contributed by atoms with E-state index in [1.165, 1.54) is 16.7 Å². The number of aromatic nitrogens is 3. The minimum absolute atomic E-state index is 0.0313. The molecule has 0 bridgehead atoms. The molecule has 2 aromatic carbocycles. The lowest BCUT2D eigenvalue weighted by molar-refractivity contribution is 0.0922. The molecule has 1 heterocycles. The zero-order valence-corrected chi connectivity index (χ0v) is 14.1. The van der Waals surface area contributed by atoms with Gasteiger partial charge in [0.25, 0.3) is 5.91 Å². The highest BCUT2D eigenvalue weighted by Gasteiger charge is 2.23. The lowest BCUT2D eigenvalue weighted by Crippen LogP contribution is -2.31. The van der Waals surface area contributed by atoms with Gasteiger partial charge in [0.15, 0.2) is 0 Å². The van der Waals surface area contributed by atoms with Gasteiger partial charge in [0.05, 0.1) is 11.7 Å². The van der Waals surface area contributed by atoms with Crippen LogP contribution in [0.5, 0.6) is 0 Å². The highest BCUT2D eigenvalue weighted by Crippen LogP contribution is 2.29. The summed E-state index contributed by atoms with van der Waals surface area (Å²) in [5.41, 5.74) is 4.59. The highest BCUT2D eigenvalue weighted by molar-refractivity contribution is 5.90. The number of benzene rings is 2. The normalized spacial score (nSPS) is 16.3. The zero-order valence-electron chi connectivity index (χ0n) is 14.1. The fraction of sp³-hybridized carbons (Fsp3) is 0.250. The Kier molecular flexibility index (Phi) is 4.06. The lowest BCUT2D eigenvalue weighted by Gasteiger charge is -2.25. The zero-order chi connectivity index (χ0) is 17.2. The van der Waals surface area contributed by atoms with Crippen molar-refractivity contribution in [3.05, 3.63) is 77.4 Å². The lowest BCUT2D eigenvalue weighted by atomic mass is 9.88. The molecule has 0 saturated heterocycles. The molecular formula is C20H20N4O. The van der Waals surface area contributed by atoms with Crippen LogP contribution in [0.4, 0.5) is 0 Å². The van der Waals surface area contributed by atoms with Crippen LogP contribution in [0.2, 0.25) is 0 Å². The van der Waals surface area contributed by atoms with Gasteiger partial charge < -0.3 is 5.32 Å². The number of rotatable bonds is 3. The van der Waals surface area contributed by atoms with Crippen molar-refractivity contribution in [2.45, 2.75) is 32.2 Å². The number of amides is 1. The predicted molar refractivity (Wildman–Crippen MR) is 95.7 cm³/mol. The molecule has 1 aliphatic carbocycles. The molecule has 0 spiro atoms. The van der Waals surface area contributed by atoms with Gasteiger partial charge in [-0.2, -0.15) is 0 Å². The maximum atomic E-state index is 12.6. The molecular weight excluding hydrogens is 312 g/mol. The smallest absolute Gasteiger partial charge is 0.291 e. The van der Waals surface area contributed by atoms with Crippen LogP contribution in [0.3, 0.4) is 0 Å². The first kappa shape index (κ1) is 15.6. The molecule has 0 fully saturated rings. The van der Waals surface area contributed by atoms with Gasteiger partial charge in [-0.3, -0.25) is 4.79 Å². The summed E-state index contributed by atoms with van der Waals surface area (Å²) >= 11 is 0. The number of hydrogen-bond donors (Lipinski definition) is 1. The van der Waals surface area contributed by atoms with Crippen LogP contribution in [0.25, 0.3) is 5.69 Å². The minimum atomic E-state index is -0.229. The van der Waals surface area contributed by atoms with Crippen LogP contribution in [-0.2, 0) is 6.42 Å². The van der Waals surface area contributed by atoms with E-state index in [2.05, 4.69) is 27.5 Å². The molecule has 0 radical (unpaired) electrons. The predicted octanol–water partition coefficient (Wildman–Crippen LogP) is 3.38. The third-order valence-electron chi connectivity index (χ3n) is 4.67. The number of nitrogens with zero attached hydrogens (tertiary/aromatic N) is 3. The maximum Gasteiger partial charge on any atom is 0.291 e. The number of aryl methyl sites for hydroxylation is 2. The van der Waals surface area contributed by atoms with Crippen LogP contribution >= 0.6 is 0 Å². The van der Waals surface area contributed by atoms with Crippen LogP contribution < -0.4 is 5.32 Å². The van der Waals surface area contributed by atoms with E-state index >= 15 is 0 Å². The van der Waals surface area contributed by atoms with Crippen LogP contribution in [0.15, 0.2) is 54.9 Å². The summed E-state index contributed by atoms with van der Waals surface area (Å²) < 4.78 is 1.63. The summed E-state index contributed by atoms with van der Waals surface area (Å²) in [7, 11) is 0. The second kappa shape index (κ2) is 6.51. The third kappa shape index (κ3) is 3.18. The topological polar surface area (TPSA) is 59.8 Å². The summed E-state index contributed by atoms with van der Waals surface area (Å²) in [4.78, 5) is 16.7. The van der Waals surface area contributed by atoms with E-state index in [-0.39, 0.29) is 17.8 Å². The second-order valence-electron chi connectivity index (χ2n) is 6.47. The number of hydrogen-bond acceptors (Lipinski definition) is 3. The van der Waals surface area contributed by atoms with Gasteiger partial charge in [0, 0.05) is 0 Å². The van der Waals surface area contributed by atoms with Crippen molar-refractivity contribution in [1.82, 2.24) is 20.1 Å². The number of carbonyl (C=O) groups is 1. The van der Waals surface area contributed by atoms with Gasteiger partial charge in [-0.1, -0.05) is 42.0 Å².